The Balaban J connectivity index is 1.75. The molecule has 0 unspecified atom stereocenters. The van der Waals surface area contributed by atoms with E-state index in [9.17, 15) is 15.3 Å². The Labute approximate surface area is 215 Å². The summed E-state index contributed by atoms with van der Waals surface area (Å²) in [5, 5.41) is 34.8. The van der Waals surface area contributed by atoms with E-state index < -0.39 is 24.2 Å². The van der Waals surface area contributed by atoms with Crippen LogP contribution in [0.5, 0.6) is 0 Å². The average Bonchev–Trinajstić information content (AvgIpc) is 3.42. The lowest BCUT2D eigenvalue weighted by Gasteiger charge is -2.24. The number of aromatic nitrogens is 4. The molecule has 4 N–H and O–H groups in total. The van der Waals surface area contributed by atoms with Crippen molar-refractivity contribution in [1.82, 2.24) is 19.9 Å². The van der Waals surface area contributed by atoms with Gasteiger partial charge in [-0.25, -0.2) is 9.97 Å². The van der Waals surface area contributed by atoms with Crippen LogP contribution in [0.3, 0.4) is 0 Å². The summed E-state index contributed by atoms with van der Waals surface area (Å²) in [6.07, 6.45) is 8.91. The van der Waals surface area contributed by atoms with Crippen LogP contribution in [0.25, 0.3) is 20.8 Å². The summed E-state index contributed by atoms with van der Waals surface area (Å²) in [7, 11) is 1.96. The van der Waals surface area contributed by atoms with Crippen molar-refractivity contribution in [2.45, 2.75) is 51.9 Å². The van der Waals surface area contributed by atoms with Crippen LogP contribution in [-0.2, 0) is 0 Å². The zero-order valence-electron chi connectivity index (χ0n) is 21.1. The predicted molar refractivity (Wildman–Crippen MR) is 144 cm³/mol. The number of allylic oxidation sites excluding steroid dienone is 3. The first-order valence-electron chi connectivity index (χ1n) is 12.2. The fourth-order valence-electron chi connectivity index (χ4n) is 4.49. The number of nitrogens with one attached hydrogen (secondary N) is 1. The third-order valence-corrected chi connectivity index (χ3v) is 7.65. The normalized spacial score (nSPS) is 22.6. The van der Waals surface area contributed by atoms with Gasteiger partial charge in [0.15, 0.2) is 0 Å². The maximum atomic E-state index is 10.7. The molecule has 3 heterocycles. The van der Waals surface area contributed by atoms with Crippen molar-refractivity contribution in [3.8, 4) is 10.6 Å². The standard InChI is InChI=1S/C26H34N6O3S/c1-5-7-8-16(6-2)13-32(4)26-28-15(3)21(25-30-19-12-27-10-9-20(19)36-25)24(31-26)29-18-11-17(14-33)22(34)23(18)35/h5,7-10,12,17-18,22-23,33-35H,6,11,13-14H2,1-4H3,(H,28,29,31)/b7-5-,16-8+/t17-,18-,22-,23+/m1/s1. The molecule has 1 aliphatic rings. The van der Waals surface area contributed by atoms with Gasteiger partial charge in [0.2, 0.25) is 5.95 Å². The van der Waals surface area contributed by atoms with Crippen LogP contribution in [0, 0.1) is 12.8 Å². The third-order valence-electron chi connectivity index (χ3n) is 6.60. The van der Waals surface area contributed by atoms with Crippen LogP contribution in [-0.4, -0.2) is 73.7 Å². The van der Waals surface area contributed by atoms with Crippen molar-refractivity contribution >= 4 is 33.3 Å². The van der Waals surface area contributed by atoms with Gasteiger partial charge in [0.25, 0.3) is 0 Å². The lowest BCUT2D eigenvalue weighted by molar-refractivity contribution is 0.00446. The molecule has 0 amide bonds. The number of thiazole rings is 1. The monoisotopic (exact) mass is 510 g/mol. The molecule has 0 radical (unpaired) electrons. The number of pyridine rings is 1. The van der Waals surface area contributed by atoms with Gasteiger partial charge >= 0.3 is 0 Å². The summed E-state index contributed by atoms with van der Waals surface area (Å²) in [5.74, 6) is 0.693. The molecule has 1 fully saturated rings. The second-order valence-corrected chi connectivity index (χ2v) is 10.2. The van der Waals surface area contributed by atoms with Crippen LogP contribution in [0.15, 0.2) is 42.3 Å². The number of aryl methyl sites for hydroxylation is 1. The van der Waals surface area contributed by atoms with Crippen molar-refractivity contribution in [1.29, 1.82) is 0 Å². The number of aliphatic hydroxyl groups is 3. The maximum Gasteiger partial charge on any atom is 0.227 e. The number of aliphatic hydroxyl groups excluding tert-OH is 3. The van der Waals surface area contributed by atoms with E-state index in [-0.39, 0.29) is 6.61 Å². The molecule has 4 atom stereocenters. The Hall–Kier alpha value is -2.92. The number of rotatable bonds is 9. The zero-order chi connectivity index (χ0) is 25.8. The summed E-state index contributed by atoms with van der Waals surface area (Å²) in [6.45, 7) is 6.52. The fourth-order valence-corrected chi connectivity index (χ4v) is 5.52. The highest BCUT2D eigenvalue weighted by atomic mass is 32.1. The smallest absolute Gasteiger partial charge is 0.227 e. The predicted octanol–water partition coefficient (Wildman–Crippen LogP) is 3.32. The molecule has 1 saturated carbocycles. The number of anilines is 2. The number of likely N-dealkylation sites (N-methyl/N-ethyl adjacent to an activating group) is 1. The second kappa shape index (κ2) is 11.4. The number of hydrogen-bond donors (Lipinski definition) is 4. The Kier molecular flexibility index (Phi) is 8.30. The van der Waals surface area contributed by atoms with E-state index in [1.165, 1.54) is 16.9 Å². The molecule has 0 spiro atoms. The van der Waals surface area contributed by atoms with Gasteiger partial charge in [-0.15, -0.1) is 11.3 Å². The first-order chi connectivity index (χ1) is 17.4. The minimum absolute atomic E-state index is 0.191. The van der Waals surface area contributed by atoms with E-state index >= 15 is 0 Å². The Morgan fingerprint density at radius 3 is 2.72 bits per heavy atom. The van der Waals surface area contributed by atoms with E-state index in [1.807, 2.05) is 44.0 Å². The highest BCUT2D eigenvalue weighted by Crippen LogP contribution is 2.38. The number of fused-ring (bicyclic) bond motifs is 1. The van der Waals surface area contributed by atoms with E-state index in [0.29, 0.717) is 24.7 Å². The SMILES string of the molecule is C/C=C\C=C(/CC)CN(C)c1nc(C)c(-c2nc3cnccc3s2)c(N[C@@H]2C[C@H](CO)[C@@H](O)[C@H]2O)n1. The minimum Gasteiger partial charge on any atom is -0.396 e. The molecule has 0 bridgehead atoms. The van der Waals surface area contributed by atoms with E-state index in [2.05, 4.69) is 23.3 Å². The lowest BCUT2D eigenvalue weighted by atomic mass is 10.1. The molecule has 3 aromatic heterocycles. The van der Waals surface area contributed by atoms with Crippen molar-refractivity contribution < 1.29 is 15.3 Å². The van der Waals surface area contributed by atoms with Crippen LogP contribution in [0.4, 0.5) is 11.8 Å². The summed E-state index contributed by atoms with van der Waals surface area (Å²) < 4.78 is 1.00. The summed E-state index contributed by atoms with van der Waals surface area (Å²) >= 11 is 1.53. The average molecular weight is 511 g/mol. The first kappa shape index (κ1) is 26.2. The molecule has 9 nitrogen and oxygen atoms in total. The van der Waals surface area contributed by atoms with Gasteiger partial charge in [-0.05, 0) is 32.8 Å². The van der Waals surface area contributed by atoms with Crippen molar-refractivity contribution in [3.05, 3.63) is 48.0 Å². The second-order valence-electron chi connectivity index (χ2n) is 9.17. The van der Waals surface area contributed by atoms with E-state index in [1.54, 1.807) is 12.4 Å². The summed E-state index contributed by atoms with van der Waals surface area (Å²) in [6, 6.07) is 1.45. The molecule has 0 aromatic carbocycles. The van der Waals surface area contributed by atoms with E-state index in [0.717, 1.165) is 32.9 Å². The van der Waals surface area contributed by atoms with Crippen LogP contribution in [0.2, 0.25) is 0 Å². The molecule has 4 rings (SSSR count). The van der Waals surface area contributed by atoms with Gasteiger partial charge in [-0.2, -0.15) is 4.98 Å². The van der Waals surface area contributed by atoms with Crippen molar-refractivity contribution in [2.75, 3.05) is 30.4 Å². The highest BCUT2D eigenvalue weighted by molar-refractivity contribution is 7.21. The van der Waals surface area contributed by atoms with Gasteiger partial charge < -0.3 is 25.5 Å². The van der Waals surface area contributed by atoms with Gasteiger partial charge in [-0.3, -0.25) is 4.98 Å². The van der Waals surface area contributed by atoms with Gasteiger partial charge in [-0.1, -0.05) is 30.7 Å². The Bertz CT molecular complexity index is 1230. The van der Waals surface area contributed by atoms with Crippen LogP contribution >= 0.6 is 11.3 Å². The molecule has 36 heavy (non-hydrogen) atoms. The molecule has 10 heteroatoms. The minimum atomic E-state index is -1.03. The highest BCUT2D eigenvalue weighted by Gasteiger charge is 2.41. The number of hydrogen-bond acceptors (Lipinski definition) is 10. The van der Waals surface area contributed by atoms with Crippen LogP contribution < -0.4 is 10.2 Å². The molecular formula is C26H34N6O3S. The number of nitrogens with zero attached hydrogens (tertiary/aromatic N) is 5. The largest absolute Gasteiger partial charge is 0.396 e. The summed E-state index contributed by atoms with van der Waals surface area (Å²) in [4.78, 5) is 20.6. The van der Waals surface area contributed by atoms with Gasteiger partial charge in [0.05, 0.1) is 34.3 Å². The molecule has 1 aliphatic carbocycles. The fraction of sp³-hybridized carbons (Fsp3) is 0.462. The van der Waals surface area contributed by atoms with Crippen LogP contribution in [0.1, 0.15) is 32.4 Å². The Morgan fingerprint density at radius 1 is 1.25 bits per heavy atom. The lowest BCUT2D eigenvalue weighted by Crippen LogP contribution is -2.36. The molecule has 3 aromatic rings. The first-order valence-corrected chi connectivity index (χ1v) is 13.0. The van der Waals surface area contributed by atoms with Crippen molar-refractivity contribution in [2.24, 2.45) is 5.92 Å². The van der Waals surface area contributed by atoms with E-state index in [4.69, 9.17) is 15.0 Å². The van der Waals surface area contributed by atoms with Crippen molar-refractivity contribution in [3.63, 3.8) is 0 Å². The molecule has 0 aliphatic heterocycles. The Morgan fingerprint density at radius 2 is 2.06 bits per heavy atom. The summed E-state index contributed by atoms with van der Waals surface area (Å²) in [5.41, 5.74) is 3.54. The molecular weight excluding hydrogens is 476 g/mol. The quantitative estimate of drug-likeness (QED) is 0.321. The third kappa shape index (κ3) is 5.41. The topological polar surface area (TPSA) is 128 Å². The zero-order valence-corrected chi connectivity index (χ0v) is 21.9. The molecule has 192 valence electrons. The van der Waals surface area contributed by atoms with Gasteiger partial charge in [0, 0.05) is 32.3 Å². The maximum absolute atomic E-state index is 10.7. The molecule has 0 saturated heterocycles. The van der Waals surface area contributed by atoms with Gasteiger partial charge in [0.1, 0.15) is 22.4 Å².